The van der Waals surface area contributed by atoms with Gasteiger partial charge in [-0.25, -0.2) is 8.78 Å². The van der Waals surface area contributed by atoms with Gasteiger partial charge in [-0.3, -0.25) is 24.2 Å². The van der Waals surface area contributed by atoms with Gasteiger partial charge in [0.1, 0.15) is 11.6 Å². The lowest BCUT2D eigenvalue weighted by Gasteiger charge is -2.22. The summed E-state index contributed by atoms with van der Waals surface area (Å²) in [7, 11) is 1.38. The van der Waals surface area contributed by atoms with Gasteiger partial charge in [0.2, 0.25) is 0 Å². The van der Waals surface area contributed by atoms with E-state index in [1.807, 2.05) is 23.1 Å². The Balaban J connectivity index is 0.000000252. The van der Waals surface area contributed by atoms with Gasteiger partial charge in [-0.2, -0.15) is 5.10 Å². The Bertz CT molecular complexity index is 1240. The van der Waals surface area contributed by atoms with Crippen LogP contribution < -0.4 is 0 Å². The van der Waals surface area contributed by atoms with E-state index in [2.05, 4.69) is 10.1 Å². The zero-order chi connectivity index (χ0) is 23.8. The topological polar surface area (TPSA) is 77.3 Å². The lowest BCUT2D eigenvalue weighted by Crippen LogP contribution is -2.24. The summed E-state index contributed by atoms with van der Waals surface area (Å²) in [6, 6.07) is 7.44. The van der Waals surface area contributed by atoms with Crippen molar-refractivity contribution in [1.29, 1.82) is 0 Å². The van der Waals surface area contributed by atoms with Crippen LogP contribution in [0.5, 0.6) is 0 Å². The van der Waals surface area contributed by atoms with Gasteiger partial charge in [0.15, 0.2) is 0 Å². The van der Waals surface area contributed by atoms with Crippen LogP contribution in [0.25, 0.3) is 11.3 Å². The molecule has 0 spiro atoms. The summed E-state index contributed by atoms with van der Waals surface area (Å²) in [5, 5.41) is 4.09. The molecule has 176 valence electrons. The SMILES string of the molecule is CN1C(=O)c2cc(C3CCOCC3)nc(-c3ccc(F)cc3F)c2C1=O.c1cnn(C2CC2)c1. The van der Waals surface area contributed by atoms with Crippen molar-refractivity contribution < 1.29 is 23.1 Å². The quantitative estimate of drug-likeness (QED) is 0.536. The van der Waals surface area contributed by atoms with Crippen LogP contribution in [0, 0.1) is 11.6 Å². The van der Waals surface area contributed by atoms with Crippen molar-refractivity contribution in [3.05, 3.63) is 71.2 Å². The Morgan fingerprint density at radius 1 is 1.00 bits per heavy atom. The van der Waals surface area contributed by atoms with E-state index in [9.17, 15) is 18.4 Å². The molecule has 7 nitrogen and oxygen atoms in total. The fourth-order valence-corrected chi connectivity index (χ4v) is 4.31. The van der Waals surface area contributed by atoms with Crippen LogP contribution in [-0.4, -0.2) is 51.7 Å². The van der Waals surface area contributed by atoms with Gasteiger partial charge in [0, 0.05) is 55.9 Å². The monoisotopic (exact) mass is 466 g/mol. The van der Waals surface area contributed by atoms with E-state index in [0.29, 0.717) is 18.9 Å². The molecule has 0 atom stereocenters. The fourth-order valence-electron chi connectivity index (χ4n) is 4.31. The molecular weight excluding hydrogens is 442 g/mol. The van der Waals surface area contributed by atoms with Gasteiger partial charge in [-0.05, 0) is 49.9 Å². The molecule has 3 aliphatic rings. The molecule has 0 radical (unpaired) electrons. The molecule has 0 N–H and O–H groups in total. The van der Waals surface area contributed by atoms with Crippen molar-refractivity contribution in [3.63, 3.8) is 0 Å². The van der Waals surface area contributed by atoms with Crippen LogP contribution in [0.1, 0.15) is 64.1 Å². The van der Waals surface area contributed by atoms with Crippen molar-refractivity contribution >= 4 is 11.8 Å². The number of halogens is 2. The van der Waals surface area contributed by atoms with Crippen molar-refractivity contribution in [2.45, 2.75) is 37.6 Å². The number of rotatable bonds is 3. The van der Waals surface area contributed by atoms with Gasteiger partial charge >= 0.3 is 0 Å². The number of carbonyl (C=O) groups is 2. The zero-order valence-corrected chi connectivity index (χ0v) is 18.7. The zero-order valence-electron chi connectivity index (χ0n) is 18.7. The minimum atomic E-state index is -0.821. The van der Waals surface area contributed by atoms with Crippen molar-refractivity contribution in [3.8, 4) is 11.3 Å². The third-order valence-electron chi connectivity index (χ3n) is 6.36. The number of fused-ring (bicyclic) bond motifs is 1. The first-order valence-electron chi connectivity index (χ1n) is 11.3. The van der Waals surface area contributed by atoms with Crippen LogP contribution in [-0.2, 0) is 4.74 Å². The Labute approximate surface area is 195 Å². The highest BCUT2D eigenvalue weighted by Crippen LogP contribution is 2.36. The van der Waals surface area contributed by atoms with Crippen LogP contribution in [0.4, 0.5) is 8.78 Å². The number of aromatic nitrogens is 3. The second-order valence-corrected chi connectivity index (χ2v) is 8.72. The molecule has 0 unspecified atom stereocenters. The first kappa shape index (κ1) is 22.3. The summed E-state index contributed by atoms with van der Waals surface area (Å²) in [6.07, 6.45) is 7.96. The summed E-state index contributed by atoms with van der Waals surface area (Å²) in [5.41, 5.74) is 1.01. The first-order chi connectivity index (χ1) is 16.4. The van der Waals surface area contributed by atoms with Crippen molar-refractivity contribution in [2.24, 2.45) is 0 Å². The third-order valence-corrected chi connectivity index (χ3v) is 6.36. The Hall–Kier alpha value is -3.46. The number of pyridine rings is 1. The van der Waals surface area contributed by atoms with Crippen LogP contribution in [0.3, 0.4) is 0 Å². The highest BCUT2D eigenvalue weighted by molar-refractivity contribution is 6.23. The molecule has 2 aliphatic heterocycles. The Morgan fingerprint density at radius 2 is 1.76 bits per heavy atom. The molecule has 2 fully saturated rings. The first-order valence-corrected chi connectivity index (χ1v) is 11.3. The Kier molecular flexibility index (Phi) is 5.95. The van der Waals surface area contributed by atoms with E-state index >= 15 is 0 Å². The number of benzene rings is 1. The maximum absolute atomic E-state index is 14.4. The van der Waals surface area contributed by atoms with Crippen LogP contribution in [0.15, 0.2) is 42.7 Å². The summed E-state index contributed by atoms with van der Waals surface area (Å²) in [6.45, 7) is 1.16. The van der Waals surface area contributed by atoms with Gasteiger partial charge in [0.25, 0.3) is 11.8 Å². The molecule has 34 heavy (non-hydrogen) atoms. The molecule has 9 heteroatoms. The number of nitrogens with zero attached hydrogens (tertiary/aromatic N) is 4. The second kappa shape index (κ2) is 9.06. The normalized spacial score (nSPS) is 18.0. The lowest BCUT2D eigenvalue weighted by atomic mass is 9.92. The molecule has 0 bridgehead atoms. The maximum atomic E-state index is 14.4. The number of hydrogen-bond donors (Lipinski definition) is 0. The molecule has 1 saturated heterocycles. The molecule has 2 amide bonds. The predicted octanol–water partition coefficient (Wildman–Crippen LogP) is 4.36. The minimum Gasteiger partial charge on any atom is -0.381 e. The summed E-state index contributed by atoms with van der Waals surface area (Å²) in [4.78, 5) is 30.5. The smallest absolute Gasteiger partial charge is 0.263 e. The number of ether oxygens (including phenoxy) is 1. The molecule has 3 aromatic rings. The number of hydrogen-bond acceptors (Lipinski definition) is 5. The van der Waals surface area contributed by atoms with Crippen molar-refractivity contribution in [2.75, 3.05) is 20.3 Å². The number of amides is 2. The van der Waals surface area contributed by atoms with Gasteiger partial charge in [-0.15, -0.1) is 0 Å². The molecule has 1 saturated carbocycles. The van der Waals surface area contributed by atoms with Crippen LogP contribution >= 0.6 is 0 Å². The summed E-state index contributed by atoms with van der Waals surface area (Å²) < 4.78 is 35.1. The van der Waals surface area contributed by atoms with E-state index in [-0.39, 0.29) is 28.3 Å². The molecule has 1 aliphatic carbocycles. The van der Waals surface area contributed by atoms with E-state index in [0.717, 1.165) is 35.9 Å². The summed E-state index contributed by atoms with van der Waals surface area (Å²) in [5.74, 6) is -2.45. The molecule has 1 aromatic carbocycles. The average molecular weight is 466 g/mol. The lowest BCUT2D eigenvalue weighted by molar-refractivity contribution is 0.0693. The number of imide groups is 1. The molecular formula is C25H24F2N4O3. The highest BCUT2D eigenvalue weighted by atomic mass is 19.1. The van der Waals surface area contributed by atoms with Crippen LogP contribution in [0.2, 0.25) is 0 Å². The van der Waals surface area contributed by atoms with E-state index < -0.39 is 23.4 Å². The largest absolute Gasteiger partial charge is 0.381 e. The summed E-state index contributed by atoms with van der Waals surface area (Å²) >= 11 is 0. The maximum Gasteiger partial charge on any atom is 0.263 e. The molecule has 4 heterocycles. The van der Waals surface area contributed by atoms with Gasteiger partial charge < -0.3 is 4.74 Å². The number of carbonyl (C=O) groups excluding carboxylic acids is 2. The minimum absolute atomic E-state index is 0.00742. The second-order valence-electron chi connectivity index (χ2n) is 8.72. The molecule has 2 aromatic heterocycles. The standard InChI is InChI=1S/C19H16F2N2O3.C6H8N2/c1-23-18(24)13-9-15(10-4-6-26-7-5-10)22-17(16(13)19(23)25)12-3-2-11(20)8-14(12)21;1-4-7-8(5-1)6-2-3-6/h2-3,8-10H,4-7H2,1H3;1,4-6H,2-3H2. The van der Waals surface area contributed by atoms with E-state index in [4.69, 9.17) is 4.74 Å². The predicted molar refractivity (Wildman–Crippen MR) is 119 cm³/mol. The molecule has 6 rings (SSSR count). The highest BCUT2D eigenvalue weighted by Gasteiger charge is 2.38. The third kappa shape index (κ3) is 4.23. The fraction of sp³-hybridized carbons (Fsp3) is 0.360. The average Bonchev–Trinajstić information content (AvgIpc) is 3.51. The van der Waals surface area contributed by atoms with E-state index in [1.165, 1.54) is 26.0 Å². The van der Waals surface area contributed by atoms with E-state index in [1.54, 1.807) is 6.07 Å². The Morgan fingerprint density at radius 3 is 2.41 bits per heavy atom. The van der Waals surface area contributed by atoms with Gasteiger partial charge in [-0.1, -0.05) is 0 Å². The van der Waals surface area contributed by atoms with Gasteiger partial charge in [0.05, 0.1) is 22.9 Å². The van der Waals surface area contributed by atoms with Crippen molar-refractivity contribution in [1.82, 2.24) is 19.7 Å².